The highest BCUT2D eigenvalue weighted by Gasteiger charge is 2.39. The van der Waals surface area contributed by atoms with Gasteiger partial charge in [0.1, 0.15) is 0 Å². The van der Waals surface area contributed by atoms with Crippen molar-refractivity contribution >= 4 is 29.0 Å². The third kappa shape index (κ3) is 1.92. The lowest BCUT2D eigenvalue weighted by atomic mass is 10.1. The molecule has 0 aromatic heterocycles. The minimum atomic E-state index is -1.81. The molecule has 0 atom stereocenters. The molecule has 1 aliphatic heterocycles. The predicted octanol–water partition coefficient (Wildman–Crippen LogP) is 2.64. The van der Waals surface area contributed by atoms with Crippen molar-refractivity contribution in [1.29, 1.82) is 5.26 Å². The van der Waals surface area contributed by atoms with E-state index in [0.717, 1.165) is 0 Å². The van der Waals surface area contributed by atoms with Crippen molar-refractivity contribution in [2.24, 2.45) is 0 Å². The molecule has 0 saturated heterocycles. The van der Waals surface area contributed by atoms with E-state index in [-0.39, 0.29) is 29.3 Å². The molecule has 0 bridgehead atoms. The lowest BCUT2D eigenvalue weighted by Crippen LogP contribution is -2.23. The van der Waals surface area contributed by atoms with Crippen LogP contribution in [0.2, 0.25) is 0 Å². The summed E-state index contributed by atoms with van der Waals surface area (Å²) in [6.07, 6.45) is -0.239. The Bertz CT molecular complexity index is 493. The monoisotopic (exact) mass is 257 g/mol. The van der Waals surface area contributed by atoms with Gasteiger partial charge in [0.05, 0.1) is 18.1 Å². The van der Waals surface area contributed by atoms with E-state index in [1.165, 1.54) is 6.07 Å². The van der Waals surface area contributed by atoms with Crippen LogP contribution in [0.4, 0.5) is 0 Å². The average Bonchev–Trinajstić information content (AvgIpc) is 2.51. The number of rotatable bonds is 2. The van der Waals surface area contributed by atoms with Gasteiger partial charge in [0.25, 0.3) is 0 Å². The summed E-state index contributed by atoms with van der Waals surface area (Å²) in [6, 6.07) is 6.46. The number of nitrogens with zero attached hydrogens (tertiary/aromatic N) is 1. The molecule has 0 amide bonds. The molecule has 2 rings (SSSR count). The molecule has 1 aromatic carbocycles. The number of fused-ring (bicyclic) bond motifs is 1. The van der Waals surface area contributed by atoms with Gasteiger partial charge in [-0.1, -0.05) is 6.07 Å². The third-order valence-corrected chi connectivity index (χ3v) is 2.28. The Morgan fingerprint density at radius 3 is 2.88 bits per heavy atom. The fourth-order valence-electron chi connectivity index (χ4n) is 1.36. The van der Waals surface area contributed by atoms with Crippen molar-refractivity contribution in [1.82, 2.24) is 0 Å². The maximum atomic E-state index is 11.6. The molecule has 6 heteroatoms. The van der Waals surface area contributed by atoms with Crippen molar-refractivity contribution in [3.63, 3.8) is 0 Å². The van der Waals surface area contributed by atoms with Gasteiger partial charge in [0.15, 0.2) is 17.3 Å². The van der Waals surface area contributed by atoms with E-state index in [2.05, 4.69) is 0 Å². The fourth-order valence-corrected chi connectivity index (χ4v) is 1.68. The first-order chi connectivity index (χ1) is 7.53. The van der Waals surface area contributed by atoms with Gasteiger partial charge in [-0.2, -0.15) is 5.26 Å². The van der Waals surface area contributed by atoms with Crippen LogP contribution in [-0.2, 0) is 0 Å². The Morgan fingerprint density at radius 2 is 2.19 bits per heavy atom. The maximum absolute atomic E-state index is 11.6. The van der Waals surface area contributed by atoms with Crippen LogP contribution < -0.4 is 9.47 Å². The Balaban J connectivity index is 2.42. The summed E-state index contributed by atoms with van der Waals surface area (Å²) in [6.45, 7) is 0. The summed E-state index contributed by atoms with van der Waals surface area (Å²) >= 11 is 11.3. The molecule has 0 unspecified atom stereocenters. The molecule has 16 heavy (non-hydrogen) atoms. The maximum Gasteiger partial charge on any atom is 0.419 e. The molecule has 0 N–H and O–H groups in total. The first-order valence-corrected chi connectivity index (χ1v) is 5.08. The molecule has 1 aliphatic rings. The molecular weight excluding hydrogens is 253 g/mol. The molecule has 0 fully saturated rings. The number of para-hydroxylation sites is 1. The SMILES string of the molecule is N#CCC(=O)c1cccc2c1OC(Cl)(Cl)O2. The molecule has 0 radical (unpaired) electrons. The van der Waals surface area contributed by atoms with Crippen molar-refractivity contribution < 1.29 is 14.3 Å². The first-order valence-electron chi connectivity index (χ1n) is 4.32. The quantitative estimate of drug-likeness (QED) is 0.604. The summed E-state index contributed by atoms with van der Waals surface area (Å²) in [5, 5.41) is 8.45. The van der Waals surface area contributed by atoms with Gasteiger partial charge < -0.3 is 9.47 Å². The van der Waals surface area contributed by atoms with Crippen LogP contribution in [0.15, 0.2) is 18.2 Å². The minimum Gasteiger partial charge on any atom is -0.423 e. The van der Waals surface area contributed by atoms with Crippen molar-refractivity contribution in [3.8, 4) is 17.6 Å². The zero-order chi connectivity index (χ0) is 11.8. The molecule has 82 valence electrons. The zero-order valence-corrected chi connectivity index (χ0v) is 9.38. The normalized spacial score (nSPS) is 15.6. The standard InChI is InChI=1S/C10H5Cl2NO3/c11-10(12)15-8-3-1-2-6(9(8)16-10)7(14)4-5-13/h1-3H,4H2. The van der Waals surface area contributed by atoms with E-state index in [1.807, 2.05) is 0 Å². The van der Waals surface area contributed by atoms with Crippen molar-refractivity contribution in [2.45, 2.75) is 11.1 Å². The lowest BCUT2D eigenvalue weighted by Gasteiger charge is -2.09. The summed E-state index contributed by atoms with van der Waals surface area (Å²) in [5.74, 6) is 0.0931. The Morgan fingerprint density at radius 1 is 1.44 bits per heavy atom. The molecule has 1 heterocycles. The van der Waals surface area contributed by atoms with Crippen LogP contribution in [-0.4, -0.2) is 10.5 Å². The van der Waals surface area contributed by atoms with Gasteiger partial charge >= 0.3 is 4.71 Å². The van der Waals surface area contributed by atoms with E-state index in [4.69, 9.17) is 37.9 Å². The van der Waals surface area contributed by atoms with E-state index < -0.39 is 4.71 Å². The van der Waals surface area contributed by atoms with Gasteiger partial charge in [-0.25, -0.2) is 0 Å². The average molecular weight is 258 g/mol. The number of benzene rings is 1. The molecule has 0 spiro atoms. The number of carbonyl (C=O) groups excluding carboxylic acids is 1. The Kier molecular flexibility index (Phi) is 2.66. The molecule has 1 aromatic rings. The zero-order valence-electron chi connectivity index (χ0n) is 7.87. The summed E-state index contributed by atoms with van der Waals surface area (Å²) in [5.41, 5.74) is 0.238. The second-order valence-corrected chi connectivity index (χ2v) is 4.25. The second kappa shape index (κ2) is 3.85. The van der Waals surface area contributed by atoms with Crippen LogP contribution in [0, 0.1) is 11.3 Å². The van der Waals surface area contributed by atoms with Gasteiger partial charge in [-0.05, 0) is 35.3 Å². The van der Waals surface area contributed by atoms with Gasteiger partial charge in [0, 0.05) is 0 Å². The first kappa shape index (κ1) is 11.1. The van der Waals surface area contributed by atoms with Crippen LogP contribution in [0.3, 0.4) is 0 Å². The van der Waals surface area contributed by atoms with Crippen LogP contribution in [0.1, 0.15) is 16.8 Å². The van der Waals surface area contributed by atoms with Gasteiger partial charge in [0.2, 0.25) is 0 Å². The number of hydrogen-bond donors (Lipinski definition) is 0. The molecule has 4 nitrogen and oxygen atoms in total. The van der Waals surface area contributed by atoms with Crippen molar-refractivity contribution in [2.75, 3.05) is 0 Å². The number of Topliss-reactive ketones (excluding diaryl/α,β-unsaturated/α-hetero) is 1. The highest BCUT2D eigenvalue weighted by atomic mass is 35.5. The van der Waals surface area contributed by atoms with Crippen LogP contribution in [0.25, 0.3) is 0 Å². The number of ether oxygens (including phenoxy) is 2. The molecular formula is C10H5Cl2NO3. The largest absolute Gasteiger partial charge is 0.423 e. The Hall–Kier alpha value is -1.44. The number of alkyl halides is 2. The summed E-state index contributed by atoms with van der Waals surface area (Å²) in [4.78, 5) is 11.6. The Labute approximate surface area is 101 Å². The lowest BCUT2D eigenvalue weighted by molar-refractivity contribution is 0.0833. The van der Waals surface area contributed by atoms with E-state index in [1.54, 1.807) is 18.2 Å². The summed E-state index contributed by atoms with van der Waals surface area (Å²) < 4.78 is 8.29. The van der Waals surface area contributed by atoms with Gasteiger partial charge in [-0.3, -0.25) is 4.79 Å². The highest BCUT2D eigenvalue weighted by Crippen LogP contribution is 2.45. The smallest absolute Gasteiger partial charge is 0.419 e. The topological polar surface area (TPSA) is 59.3 Å². The highest BCUT2D eigenvalue weighted by molar-refractivity contribution is 6.46. The molecule has 0 saturated carbocycles. The number of nitriles is 1. The number of ketones is 1. The second-order valence-electron chi connectivity index (χ2n) is 3.06. The predicted molar refractivity (Wildman–Crippen MR) is 56.7 cm³/mol. The number of hydrogen-bond acceptors (Lipinski definition) is 4. The van der Waals surface area contributed by atoms with E-state index in [0.29, 0.717) is 0 Å². The summed E-state index contributed by atoms with van der Waals surface area (Å²) in [7, 11) is 0. The minimum absolute atomic E-state index is 0.174. The van der Waals surface area contributed by atoms with E-state index >= 15 is 0 Å². The van der Waals surface area contributed by atoms with Crippen LogP contribution >= 0.6 is 23.2 Å². The van der Waals surface area contributed by atoms with Crippen molar-refractivity contribution in [3.05, 3.63) is 23.8 Å². The number of carbonyl (C=O) groups is 1. The third-order valence-electron chi connectivity index (χ3n) is 1.97. The molecule has 0 aliphatic carbocycles. The van der Waals surface area contributed by atoms with Crippen LogP contribution in [0.5, 0.6) is 11.5 Å². The number of halogens is 2. The fraction of sp³-hybridized carbons (Fsp3) is 0.200. The van der Waals surface area contributed by atoms with Gasteiger partial charge in [-0.15, -0.1) is 0 Å². The van der Waals surface area contributed by atoms with E-state index in [9.17, 15) is 4.79 Å².